The van der Waals surface area contributed by atoms with Gasteiger partial charge in [0.2, 0.25) is 0 Å². The van der Waals surface area contributed by atoms with Crippen LogP contribution in [0, 0.1) is 5.82 Å². The zero-order valence-corrected chi connectivity index (χ0v) is 12.4. The number of ether oxygens (including phenoxy) is 1. The third-order valence-corrected chi connectivity index (χ3v) is 4.17. The van der Waals surface area contributed by atoms with Gasteiger partial charge in [0.15, 0.2) is 0 Å². The first-order chi connectivity index (χ1) is 10.2. The van der Waals surface area contributed by atoms with Gasteiger partial charge in [0.05, 0.1) is 0 Å². The number of hydrogen-bond acceptors (Lipinski definition) is 2. The Bertz CT molecular complexity index is 654. The van der Waals surface area contributed by atoms with E-state index in [1.807, 2.05) is 20.0 Å². The van der Waals surface area contributed by atoms with Crippen LogP contribution >= 0.6 is 0 Å². The first kappa shape index (κ1) is 14.1. The van der Waals surface area contributed by atoms with E-state index in [4.69, 9.17) is 4.74 Å². The summed E-state index contributed by atoms with van der Waals surface area (Å²) in [4.78, 5) is 0. The second-order valence-corrected chi connectivity index (χ2v) is 5.58. The van der Waals surface area contributed by atoms with E-state index in [0.717, 1.165) is 24.2 Å². The molecule has 1 N–H and O–H groups in total. The highest BCUT2D eigenvalue weighted by Crippen LogP contribution is 2.33. The fraction of sp³-hybridized carbons (Fsp3) is 0.333. The van der Waals surface area contributed by atoms with Crippen LogP contribution in [0.25, 0.3) is 0 Å². The summed E-state index contributed by atoms with van der Waals surface area (Å²) in [7, 11) is 1.86. The smallest absolute Gasteiger partial charge is 0.132 e. The molecular weight excluding hydrogens is 265 g/mol. The maximum atomic E-state index is 13.5. The molecule has 0 saturated heterocycles. The Hall–Kier alpha value is -1.87. The molecule has 3 heteroatoms. The molecule has 110 valence electrons. The number of nitrogens with one attached hydrogen (secondary N) is 1. The average molecular weight is 285 g/mol. The normalized spacial score (nSPS) is 14.8. The van der Waals surface area contributed by atoms with Crippen LogP contribution in [0.4, 0.5) is 4.39 Å². The lowest BCUT2D eigenvalue weighted by Crippen LogP contribution is -2.13. The summed E-state index contributed by atoms with van der Waals surface area (Å²) in [6.07, 6.45) is 3.50. The predicted octanol–water partition coefficient (Wildman–Crippen LogP) is 4.39. The number of halogens is 1. The fourth-order valence-corrected chi connectivity index (χ4v) is 2.84. The van der Waals surface area contributed by atoms with Crippen LogP contribution in [0.15, 0.2) is 36.4 Å². The molecule has 0 fully saturated rings. The number of aryl methyl sites for hydroxylation is 2. The van der Waals surface area contributed by atoms with E-state index in [9.17, 15) is 4.39 Å². The molecule has 0 amide bonds. The van der Waals surface area contributed by atoms with Crippen LogP contribution < -0.4 is 10.1 Å². The topological polar surface area (TPSA) is 21.3 Å². The van der Waals surface area contributed by atoms with Crippen molar-refractivity contribution in [2.75, 3.05) is 7.05 Å². The van der Waals surface area contributed by atoms with Gasteiger partial charge in [-0.1, -0.05) is 6.07 Å². The van der Waals surface area contributed by atoms with Gasteiger partial charge in [-0.05, 0) is 74.7 Å². The third-order valence-electron chi connectivity index (χ3n) is 4.17. The molecule has 1 aliphatic rings. The number of hydrogen-bond donors (Lipinski definition) is 1. The van der Waals surface area contributed by atoms with Crippen molar-refractivity contribution in [2.45, 2.75) is 32.2 Å². The molecule has 2 nitrogen and oxygen atoms in total. The van der Waals surface area contributed by atoms with E-state index < -0.39 is 0 Å². The summed E-state index contributed by atoms with van der Waals surface area (Å²) in [6, 6.07) is 11.0. The van der Waals surface area contributed by atoms with Crippen molar-refractivity contribution in [3.63, 3.8) is 0 Å². The van der Waals surface area contributed by atoms with Gasteiger partial charge in [0, 0.05) is 11.6 Å². The van der Waals surface area contributed by atoms with E-state index >= 15 is 0 Å². The van der Waals surface area contributed by atoms with Gasteiger partial charge in [-0.2, -0.15) is 0 Å². The first-order valence-electron chi connectivity index (χ1n) is 7.44. The van der Waals surface area contributed by atoms with Crippen molar-refractivity contribution in [3.05, 3.63) is 58.9 Å². The van der Waals surface area contributed by atoms with E-state index in [1.54, 1.807) is 6.07 Å². The molecule has 0 heterocycles. The summed E-state index contributed by atoms with van der Waals surface area (Å²) in [5, 5.41) is 3.13. The summed E-state index contributed by atoms with van der Waals surface area (Å²) in [5.74, 6) is 1.29. The highest BCUT2D eigenvalue weighted by molar-refractivity contribution is 5.43. The average Bonchev–Trinajstić information content (AvgIpc) is 2.96. The largest absolute Gasteiger partial charge is 0.457 e. The molecule has 1 aliphatic carbocycles. The number of benzene rings is 2. The van der Waals surface area contributed by atoms with Gasteiger partial charge in [-0.25, -0.2) is 4.39 Å². The zero-order valence-electron chi connectivity index (χ0n) is 12.4. The SMILES string of the molecule is CNC(C)c1cc(F)ccc1Oc1ccc2c(c1)CCC2. The minimum atomic E-state index is -0.242. The van der Waals surface area contributed by atoms with Crippen LogP contribution in [0.5, 0.6) is 11.5 Å². The van der Waals surface area contributed by atoms with E-state index in [1.165, 1.54) is 29.7 Å². The van der Waals surface area contributed by atoms with E-state index in [0.29, 0.717) is 5.75 Å². The third kappa shape index (κ3) is 2.93. The van der Waals surface area contributed by atoms with Crippen molar-refractivity contribution in [1.29, 1.82) is 0 Å². The quantitative estimate of drug-likeness (QED) is 0.899. The zero-order chi connectivity index (χ0) is 14.8. The summed E-state index contributed by atoms with van der Waals surface area (Å²) >= 11 is 0. The lowest BCUT2D eigenvalue weighted by molar-refractivity contribution is 0.462. The molecule has 0 aromatic heterocycles. The Kier molecular flexibility index (Phi) is 3.93. The molecular formula is C18H20FNO. The van der Waals surface area contributed by atoms with Gasteiger partial charge in [0.25, 0.3) is 0 Å². The molecule has 0 aliphatic heterocycles. The first-order valence-corrected chi connectivity index (χ1v) is 7.44. The van der Waals surface area contributed by atoms with Crippen molar-refractivity contribution in [3.8, 4) is 11.5 Å². The molecule has 2 aromatic carbocycles. The van der Waals surface area contributed by atoms with Gasteiger partial charge in [-0.15, -0.1) is 0 Å². The molecule has 0 bridgehead atoms. The Morgan fingerprint density at radius 1 is 1.10 bits per heavy atom. The number of fused-ring (bicyclic) bond motifs is 1. The van der Waals surface area contributed by atoms with Gasteiger partial charge in [-0.3, -0.25) is 0 Å². The van der Waals surface area contributed by atoms with Gasteiger partial charge in [0.1, 0.15) is 17.3 Å². The molecule has 1 atom stereocenters. The van der Waals surface area contributed by atoms with E-state index in [2.05, 4.69) is 17.4 Å². The van der Waals surface area contributed by atoms with Crippen LogP contribution in [0.2, 0.25) is 0 Å². The molecule has 0 saturated carbocycles. The molecule has 2 aromatic rings. The Balaban J connectivity index is 1.91. The Labute approximate surface area is 125 Å². The van der Waals surface area contributed by atoms with Crippen molar-refractivity contribution in [2.24, 2.45) is 0 Å². The van der Waals surface area contributed by atoms with Crippen LogP contribution in [-0.2, 0) is 12.8 Å². The summed E-state index contributed by atoms with van der Waals surface area (Å²) < 4.78 is 19.5. The van der Waals surface area contributed by atoms with Gasteiger partial charge >= 0.3 is 0 Å². The van der Waals surface area contributed by atoms with Crippen LogP contribution in [0.3, 0.4) is 0 Å². The highest BCUT2D eigenvalue weighted by Gasteiger charge is 2.15. The van der Waals surface area contributed by atoms with Crippen molar-refractivity contribution >= 4 is 0 Å². The van der Waals surface area contributed by atoms with Crippen molar-refractivity contribution in [1.82, 2.24) is 5.32 Å². The predicted molar refractivity (Wildman–Crippen MR) is 82.4 cm³/mol. The monoisotopic (exact) mass is 285 g/mol. The summed E-state index contributed by atoms with van der Waals surface area (Å²) in [5.41, 5.74) is 3.63. The van der Waals surface area contributed by atoms with Gasteiger partial charge < -0.3 is 10.1 Å². The lowest BCUT2D eigenvalue weighted by atomic mass is 10.1. The van der Waals surface area contributed by atoms with Crippen LogP contribution in [0.1, 0.15) is 36.1 Å². The Morgan fingerprint density at radius 2 is 1.90 bits per heavy atom. The molecule has 0 spiro atoms. The highest BCUT2D eigenvalue weighted by atomic mass is 19.1. The maximum Gasteiger partial charge on any atom is 0.132 e. The molecule has 0 radical (unpaired) electrons. The molecule has 3 rings (SSSR count). The van der Waals surface area contributed by atoms with E-state index in [-0.39, 0.29) is 11.9 Å². The van der Waals surface area contributed by atoms with Crippen LogP contribution in [-0.4, -0.2) is 7.05 Å². The molecule has 21 heavy (non-hydrogen) atoms. The minimum Gasteiger partial charge on any atom is -0.457 e. The fourth-order valence-electron chi connectivity index (χ4n) is 2.84. The minimum absolute atomic E-state index is 0.0325. The Morgan fingerprint density at radius 3 is 2.71 bits per heavy atom. The lowest BCUT2D eigenvalue weighted by Gasteiger charge is -2.17. The van der Waals surface area contributed by atoms with Crippen molar-refractivity contribution < 1.29 is 9.13 Å². The molecule has 1 unspecified atom stereocenters. The second-order valence-electron chi connectivity index (χ2n) is 5.58. The standard InChI is InChI=1S/C18H20FNO/c1-12(20-2)17-11-15(19)7-9-18(17)21-16-8-6-13-4-3-5-14(13)10-16/h6-12,20H,3-5H2,1-2H3. The second kappa shape index (κ2) is 5.86. The maximum absolute atomic E-state index is 13.5. The summed E-state index contributed by atoms with van der Waals surface area (Å²) in [6.45, 7) is 1.99. The number of rotatable bonds is 4.